The van der Waals surface area contributed by atoms with Crippen molar-refractivity contribution in [2.75, 3.05) is 25.6 Å². The van der Waals surface area contributed by atoms with Crippen LogP contribution in [-0.4, -0.2) is 80.2 Å². The average molecular weight is 545 g/mol. The molecule has 6 rings (SSSR count). The Morgan fingerprint density at radius 1 is 1.05 bits per heavy atom. The number of amides is 1. The molecule has 2 saturated heterocycles. The van der Waals surface area contributed by atoms with Gasteiger partial charge < -0.3 is 24.6 Å². The zero-order chi connectivity index (χ0) is 27.8. The highest BCUT2D eigenvalue weighted by Crippen LogP contribution is 2.36. The van der Waals surface area contributed by atoms with E-state index in [0.717, 1.165) is 22.3 Å². The smallest absolute Gasteiger partial charge is 0.407 e. The number of pyridine rings is 3. The highest BCUT2D eigenvalue weighted by atomic mass is 16.5. The van der Waals surface area contributed by atoms with Crippen LogP contribution in [0.5, 0.6) is 5.75 Å². The van der Waals surface area contributed by atoms with Crippen LogP contribution in [-0.2, 0) is 9.47 Å². The number of carbonyl (C=O) groups is 2. The van der Waals surface area contributed by atoms with Crippen LogP contribution in [0.25, 0.3) is 16.6 Å². The number of nitrogens with one attached hydrogen (secondary N) is 1. The monoisotopic (exact) mass is 544 g/mol. The molecule has 0 radical (unpaired) electrons. The molecule has 1 unspecified atom stereocenters. The van der Waals surface area contributed by atoms with Crippen molar-refractivity contribution in [1.29, 1.82) is 0 Å². The number of fused-ring (bicyclic) bond motifs is 3. The molecule has 4 aromatic rings. The van der Waals surface area contributed by atoms with Gasteiger partial charge in [0.2, 0.25) is 0 Å². The standard InChI is InChI=1S/C28H28N6O6/c1-16-7-23(24(13-29-16)40-22-9-20-14-39-15-21(10-22)34(20)28(36)37)17-5-6-33-19(8-17)11-26(32-33)31-25-4-3-18(12-30-25)27(35)38-2/h3-8,11-13,20-22H,9-10,14-15H2,1-2H3,(H,36,37)(H,30,31,32)/t20-,21+,22?. The molecule has 1 amide bonds. The molecule has 0 saturated carbocycles. The zero-order valence-corrected chi connectivity index (χ0v) is 22.0. The molecule has 2 bridgehead atoms. The van der Waals surface area contributed by atoms with Gasteiger partial charge in [-0.25, -0.2) is 19.1 Å². The Balaban J connectivity index is 1.23. The molecule has 12 nitrogen and oxygen atoms in total. The van der Waals surface area contributed by atoms with Crippen LogP contribution in [0, 0.1) is 6.92 Å². The van der Waals surface area contributed by atoms with Crippen molar-refractivity contribution in [2.45, 2.75) is 38.0 Å². The molecule has 6 heterocycles. The van der Waals surface area contributed by atoms with Crippen LogP contribution in [0.3, 0.4) is 0 Å². The van der Waals surface area contributed by atoms with Gasteiger partial charge in [0.25, 0.3) is 0 Å². The Bertz CT molecular complexity index is 1560. The third-order valence-electron chi connectivity index (χ3n) is 7.21. The summed E-state index contributed by atoms with van der Waals surface area (Å²) < 4.78 is 18.6. The maximum atomic E-state index is 11.8. The molecule has 2 fully saturated rings. The lowest BCUT2D eigenvalue weighted by Crippen LogP contribution is -2.60. The minimum absolute atomic E-state index is 0.148. The molecule has 206 valence electrons. The lowest BCUT2D eigenvalue weighted by molar-refractivity contribution is -0.0857. The van der Waals surface area contributed by atoms with Gasteiger partial charge in [-0.3, -0.25) is 9.88 Å². The first-order valence-corrected chi connectivity index (χ1v) is 12.9. The van der Waals surface area contributed by atoms with Crippen molar-refractivity contribution in [3.05, 3.63) is 66.2 Å². The van der Waals surface area contributed by atoms with Gasteiger partial charge in [0.05, 0.1) is 49.7 Å². The third kappa shape index (κ3) is 5.00. The number of piperidine rings is 1. The molecule has 2 aliphatic rings. The molecule has 0 aliphatic carbocycles. The summed E-state index contributed by atoms with van der Waals surface area (Å²) in [4.78, 5) is 33.6. The Kier molecular flexibility index (Phi) is 6.68. The van der Waals surface area contributed by atoms with Crippen molar-refractivity contribution >= 4 is 29.2 Å². The second-order valence-corrected chi connectivity index (χ2v) is 9.93. The summed E-state index contributed by atoms with van der Waals surface area (Å²) in [5.41, 5.74) is 3.90. The van der Waals surface area contributed by atoms with Crippen molar-refractivity contribution in [2.24, 2.45) is 0 Å². The van der Waals surface area contributed by atoms with E-state index in [2.05, 4.69) is 20.4 Å². The average Bonchev–Trinajstić information content (AvgIpc) is 3.35. The van der Waals surface area contributed by atoms with E-state index in [9.17, 15) is 14.7 Å². The maximum Gasteiger partial charge on any atom is 0.407 e. The van der Waals surface area contributed by atoms with Crippen LogP contribution < -0.4 is 10.1 Å². The van der Waals surface area contributed by atoms with Crippen molar-refractivity contribution in [1.82, 2.24) is 24.5 Å². The molecular weight excluding hydrogens is 516 g/mol. The number of carboxylic acid groups (broad SMARTS) is 1. The number of esters is 1. The Labute approximate surface area is 229 Å². The molecule has 4 aromatic heterocycles. The van der Waals surface area contributed by atoms with Gasteiger partial charge in [-0.2, -0.15) is 5.10 Å². The van der Waals surface area contributed by atoms with E-state index in [1.54, 1.807) is 22.8 Å². The number of ether oxygens (including phenoxy) is 3. The summed E-state index contributed by atoms with van der Waals surface area (Å²) in [7, 11) is 1.33. The Hall–Kier alpha value is -4.71. The van der Waals surface area contributed by atoms with E-state index >= 15 is 0 Å². The first-order valence-electron chi connectivity index (χ1n) is 12.9. The quantitative estimate of drug-likeness (QED) is 0.343. The van der Waals surface area contributed by atoms with E-state index in [4.69, 9.17) is 14.2 Å². The Morgan fingerprint density at radius 2 is 1.85 bits per heavy atom. The maximum absolute atomic E-state index is 11.8. The van der Waals surface area contributed by atoms with E-state index in [0.29, 0.717) is 49.0 Å². The summed E-state index contributed by atoms with van der Waals surface area (Å²) in [6.07, 6.45) is 5.11. The van der Waals surface area contributed by atoms with Crippen molar-refractivity contribution < 1.29 is 28.9 Å². The van der Waals surface area contributed by atoms with Crippen LogP contribution >= 0.6 is 0 Å². The molecule has 3 atom stereocenters. The molecular formula is C28H28N6O6. The lowest BCUT2D eigenvalue weighted by Gasteiger charge is -2.46. The van der Waals surface area contributed by atoms with Crippen LogP contribution in [0.15, 0.2) is 55.0 Å². The fourth-order valence-electron chi connectivity index (χ4n) is 5.38. The number of aromatic nitrogens is 4. The van der Waals surface area contributed by atoms with Gasteiger partial charge in [0.1, 0.15) is 17.7 Å². The number of anilines is 2. The number of rotatable bonds is 6. The number of nitrogens with zero attached hydrogens (tertiary/aromatic N) is 5. The third-order valence-corrected chi connectivity index (χ3v) is 7.21. The fraction of sp³-hybridized carbons (Fsp3) is 0.321. The number of aryl methyl sites for hydroxylation is 1. The van der Waals surface area contributed by atoms with Gasteiger partial charge in [0, 0.05) is 42.6 Å². The first kappa shape index (κ1) is 25.6. The minimum Gasteiger partial charge on any atom is -0.488 e. The minimum atomic E-state index is -0.911. The van der Waals surface area contributed by atoms with Gasteiger partial charge in [-0.05, 0) is 42.8 Å². The van der Waals surface area contributed by atoms with Gasteiger partial charge in [-0.15, -0.1) is 0 Å². The lowest BCUT2D eigenvalue weighted by atomic mass is 9.92. The Morgan fingerprint density at radius 3 is 2.55 bits per heavy atom. The highest BCUT2D eigenvalue weighted by Gasteiger charge is 2.42. The van der Waals surface area contributed by atoms with Crippen LogP contribution in [0.4, 0.5) is 16.4 Å². The van der Waals surface area contributed by atoms with Crippen molar-refractivity contribution in [3.8, 4) is 16.9 Å². The van der Waals surface area contributed by atoms with E-state index < -0.39 is 12.1 Å². The van der Waals surface area contributed by atoms with E-state index in [1.807, 2.05) is 37.4 Å². The summed E-state index contributed by atoms with van der Waals surface area (Å²) in [6.45, 7) is 2.68. The number of methoxy groups -OCH3 is 1. The fourth-order valence-corrected chi connectivity index (χ4v) is 5.38. The van der Waals surface area contributed by atoms with Crippen LogP contribution in [0.1, 0.15) is 28.9 Å². The summed E-state index contributed by atoms with van der Waals surface area (Å²) in [6, 6.07) is 10.7. The zero-order valence-electron chi connectivity index (χ0n) is 22.0. The molecule has 0 spiro atoms. The van der Waals surface area contributed by atoms with E-state index in [1.165, 1.54) is 18.2 Å². The number of hydrogen-bond donors (Lipinski definition) is 2. The normalized spacial score (nSPS) is 20.2. The second kappa shape index (κ2) is 10.5. The predicted molar refractivity (Wildman–Crippen MR) is 144 cm³/mol. The molecule has 12 heteroatoms. The van der Waals surface area contributed by atoms with Gasteiger partial charge in [-0.1, -0.05) is 0 Å². The largest absolute Gasteiger partial charge is 0.488 e. The predicted octanol–water partition coefficient (Wildman–Crippen LogP) is 3.92. The van der Waals surface area contributed by atoms with E-state index in [-0.39, 0.29) is 18.2 Å². The summed E-state index contributed by atoms with van der Waals surface area (Å²) in [5, 5.41) is 17.4. The highest BCUT2D eigenvalue weighted by molar-refractivity contribution is 5.89. The van der Waals surface area contributed by atoms with Crippen molar-refractivity contribution in [3.63, 3.8) is 0 Å². The van der Waals surface area contributed by atoms with Crippen LogP contribution in [0.2, 0.25) is 0 Å². The molecule has 0 aromatic carbocycles. The summed E-state index contributed by atoms with van der Waals surface area (Å²) in [5.74, 6) is 1.34. The topological polar surface area (TPSA) is 140 Å². The first-order chi connectivity index (χ1) is 19.4. The SMILES string of the molecule is COC(=O)c1ccc(Nc2cc3cc(-c4cc(C)ncc4OC4C[C@H]5COC[C@@H](C4)N5C(=O)O)ccn3n2)nc1. The van der Waals surface area contributed by atoms with Gasteiger partial charge in [0.15, 0.2) is 5.82 Å². The second-order valence-electron chi connectivity index (χ2n) is 9.93. The molecule has 2 N–H and O–H groups in total. The number of morpholine rings is 1. The number of carbonyl (C=O) groups excluding carboxylic acids is 1. The summed E-state index contributed by atoms with van der Waals surface area (Å²) >= 11 is 0. The molecule has 40 heavy (non-hydrogen) atoms. The molecule has 2 aliphatic heterocycles. The number of hydrogen-bond acceptors (Lipinski definition) is 9. The van der Waals surface area contributed by atoms with Gasteiger partial charge >= 0.3 is 12.1 Å².